The lowest BCUT2D eigenvalue weighted by atomic mass is 9.87. The van der Waals surface area contributed by atoms with Crippen LogP contribution in [0.5, 0.6) is 0 Å². The zero-order chi connectivity index (χ0) is 28.4. The number of carbonyl (C=O) groups is 3. The van der Waals surface area contributed by atoms with Gasteiger partial charge in [0.1, 0.15) is 12.2 Å². The number of hydrogen-bond acceptors (Lipinski definition) is 8. The van der Waals surface area contributed by atoms with E-state index < -0.39 is 42.3 Å². The fraction of sp³-hybridized carbons (Fsp3) is 0.231. The molecule has 1 aliphatic heterocycles. The molecule has 0 spiro atoms. The van der Waals surface area contributed by atoms with Crippen LogP contribution in [-0.4, -0.2) is 67.7 Å². The monoisotopic (exact) mass is 547 g/mol. The van der Waals surface area contributed by atoms with Gasteiger partial charge < -0.3 is 27.2 Å². The third kappa shape index (κ3) is 5.32. The van der Waals surface area contributed by atoms with E-state index in [1.807, 2.05) is 0 Å². The summed E-state index contributed by atoms with van der Waals surface area (Å²) in [5.41, 5.74) is 13.4. The highest BCUT2D eigenvalue weighted by Crippen LogP contribution is 2.36. The Bertz CT molecular complexity index is 1620. The molecule has 14 heteroatoms. The van der Waals surface area contributed by atoms with Gasteiger partial charge in [0.2, 0.25) is 11.8 Å². The van der Waals surface area contributed by atoms with E-state index in [1.165, 1.54) is 23.0 Å². The molecule has 0 fully saturated rings. The smallest absolute Gasteiger partial charge is 0.304 e. The first-order valence-electron chi connectivity index (χ1n) is 12.3. The maximum Gasteiger partial charge on any atom is 0.304 e. The van der Waals surface area contributed by atoms with E-state index in [9.17, 15) is 23.9 Å². The number of benzene rings is 2. The largest absolute Gasteiger partial charge is 0.481 e. The van der Waals surface area contributed by atoms with Crippen LogP contribution in [-0.2, 0) is 9.59 Å². The van der Waals surface area contributed by atoms with Crippen molar-refractivity contribution < 1.29 is 23.9 Å². The molecule has 5 rings (SSSR count). The van der Waals surface area contributed by atoms with Gasteiger partial charge >= 0.3 is 5.97 Å². The van der Waals surface area contributed by atoms with Gasteiger partial charge in [-0.2, -0.15) is 10.2 Å². The number of carboxylic acid groups (broad SMARTS) is 1. The molecule has 0 bridgehead atoms. The lowest BCUT2D eigenvalue weighted by molar-refractivity contribution is -0.138. The Hall–Kier alpha value is -5.27. The summed E-state index contributed by atoms with van der Waals surface area (Å²) in [6.07, 6.45) is 3.23. The zero-order valence-corrected chi connectivity index (χ0v) is 21.1. The second-order valence-corrected chi connectivity index (χ2v) is 9.30. The van der Waals surface area contributed by atoms with Crippen molar-refractivity contribution in [2.75, 3.05) is 18.4 Å². The highest BCUT2D eigenvalue weighted by atomic mass is 19.1. The summed E-state index contributed by atoms with van der Waals surface area (Å²) in [6, 6.07) is 10.4. The van der Waals surface area contributed by atoms with Gasteiger partial charge in [0.05, 0.1) is 42.6 Å². The number of aliphatic carboxylic acids is 1. The molecule has 13 nitrogen and oxygen atoms in total. The molecule has 2 unspecified atom stereocenters. The Balaban J connectivity index is 1.63. The molecule has 206 valence electrons. The Kier molecular flexibility index (Phi) is 7.14. The van der Waals surface area contributed by atoms with Crippen LogP contribution in [0.25, 0.3) is 16.6 Å². The molecular formula is C26H26FN9O4. The van der Waals surface area contributed by atoms with Crippen LogP contribution in [0, 0.1) is 0 Å². The predicted octanol–water partition coefficient (Wildman–Crippen LogP) is 1.32. The van der Waals surface area contributed by atoms with Gasteiger partial charge in [-0.3, -0.25) is 19.1 Å². The lowest BCUT2D eigenvalue weighted by Gasteiger charge is -2.26. The molecule has 1 aliphatic rings. The topological polar surface area (TPSA) is 196 Å². The predicted molar refractivity (Wildman–Crippen MR) is 144 cm³/mol. The number of nitrogens with zero attached hydrogens (tertiary/aromatic N) is 5. The molecule has 0 aliphatic carbocycles. The molecular weight excluding hydrogens is 521 g/mol. The highest BCUT2D eigenvalue weighted by molar-refractivity contribution is 6.07. The Morgan fingerprint density at radius 3 is 2.65 bits per heavy atom. The van der Waals surface area contributed by atoms with Crippen LogP contribution in [0.3, 0.4) is 0 Å². The number of primary amides is 2. The molecule has 0 saturated heterocycles. The van der Waals surface area contributed by atoms with E-state index in [2.05, 4.69) is 25.8 Å². The van der Waals surface area contributed by atoms with Crippen molar-refractivity contribution in [3.05, 3.63) is 72.2 Å². The average Bonchev–Trinajstić information content (AvgIpc) is 3.60. The molecule has 0 radical (unpaired) electrons. The minimum Gasteiger partial charge on any atom is -0.481 e. The van der Waals surface area contributed by atoms with E-state index in [1.54, 1.807) is 47.4 Å². The molecule has 7 N–H and O–H groups in total. The van der Waals surface area contributed by atoms with Crippen LogP contribution in [0.2, 0.25) is 0 Å². The number of aliphatic imine (C=N–C) groups is 1. The number of aromatic nitrogens is 4. The number of rotatable bonds is 9. The van der Waals surface area contributed by atoms with E-state index in [4.69, 9.17) is 11.5 Å². The zero-order valence-electron chi connectivity index (χ0n) is 21.1. The Morgan fingerprint density at radius 1 is 1.18 bits per heavy atom. The summed E-state index contributed by atoms with van der Waals surface area (Å²) in [5, 5.41) is 24.7. The van der Waals surface area contributed by atoms with Crippen LogP contribution >= 0.6 is 0 Å². The number of hydrogen-bond donors (Lipinski definition) is 5. The summed E-state index contributed by atoms with van der Waals surface area (Å²) in [5.74, 6) is -3.37. The van der Waals surface area contributed by atoms with Crippen LogP contribution < -0.4 is 22.1 Å². The van der Waals surface area contributed by atoms with Gasteiger partial charge in [-0.05, 0) is 35.9 Å². The maximum atomic E-state index is 13.5. The summed E-state index contributed by atoms with van der Waals surface area (Å²) < 4.78 is 16.4. The minimum absolute atomic E-state index is 0.0362. The fourth-order valence-corrected chi connectivity index (χ4v) is 4.75. The summed E-state index contributed by atoms with van der Waals surface area (Å²) in [4.78, 5) is 41.3. The maximum absolute atomic E-state index is 13.5. The van der Waals surface area contributed by atoms with Crippen LogP contribution in [0.15, 0.2) is 66.0 Å². The van der Waals surface area contributed by atoms with Crippen LogP contribution in [0.4, 0.5) is 10.1 Å². The number of guanidine groups is 1. The van der Waals surface area contributed by atoms with Crippen molar-refractivity contribution >= 4 is 40.3 Å². The number of halogens is 1. The normalized spacial score (nSPS) is 16.5. The summed E-state index contributed by atoms with van der Waals surface area (Å²) in [6.45, 7) is 0.0213. The number of nitrogens with one attached hydrogen (secondary N) is 2. The van der Waals surface area contributed by atoms with Gasteiger partial charge in [-0.15, -0.1) is 0 Å². The van der Waals surface area contributed by atoms with E-state index >= 15 is 0 Å². The van der Waals surface area contributed by atoms with Gasteiger partial charge in [-0.25, -0.2) is 14.1 Å². The number of fused-ring (bicyclic) bond motifs is 1. The molecule has 3 atom stereocenters. The first-order chi connectivity index (χ1) is 19.2. The van der Waals surface area contributed by atoms with Crippen molar-refractivity contribution in [1.29, 1.82) is 0 Å². The molecule has 2 amide bonds. The number of alkyl halides is 1. The first kappa shape index (κ1) is 26.3. The van der Waals surface area contributed by atoms with Crippen molar-refractivity contribution in [1.82, 2.24) is 24.9 Å². The fourth-order valence-electron chi connectivity index (χ4n) is 4.75. The van der Waals surface area contributed by atoms with E-state index in [0.717, 1.165) is 0 Å². The number of carboxylic acids is 1. The summed E-state index contributed by atoms with van der Waals surface area (Å²) in [7, 11) is 0. The third-order valence-electron chi connectivity index (χ3n) is 6.59. The van der Waals surface area contributed by atoms with E-state index in [0.29, 0.717) is 27.8 Å². The lowest BCUT2D eigenvalue weighted by Crippen LogP contribution is -2.41. The van der Waals surface area contributed by atoms with E-state index in [-0.39, 0.29) is 24.6 Å². The van der Waals surface area contributed by atoms with Crippen molar-refractivity contribution in [3.63, 3.8) is 0 Å². The molecule has 3 heterocycles. The quantitative estimate of drug-likeness (QED) is 0.207. The molecule has 4 aromatic rings. The van der Waals surface area contributed by atoms with Crippen molar-refractivity contribution in [2.24, 2.45) is 16.5 Å². The SMILES string of the molecule is NC(=O)c1cc(NC2=NCC(F)CN2)c2cnn(C(C(N)=O)[C@@H](CC(=O)O)c3cccc(-n4cccn4)c3)c2c1. The molecule has 2 aromatic heterocycles. The van der Waals surface area contributed by atoms with Gasteiger partial charge in [-0.1, -0.05) is 12.1 Å². The second kappa shape index (κ2) is 10.8. The number of anilines is 1. The summed E-state index contributed by atoms with van der Waals surface area (Å²) >= 11 is 0. The van der Waals surface area contributed by atoms with Crippen LogP contribution in [0.1, 0.15) is 34.3 Å². The Labute approximate surface area is 226 Å². The molecule has 2 aromatic carbocycles. The standard InChI is InChI=1S/C26H26FN9O4/c27-16-11-30-26(31-12-16)34-20-8-15(24(28)39)9-21-19(20)13-33-36(21)23(25(29)40)18(10-22(37)38)14-3-1-4-17(7-14)35-6-2-5-32-35/h1-9,13,16,18,23H,10-12H2,(H2,28,39)(H2,29,40)(H,37,38)(H2,30,31,34)/t18-,23?/m0/s1. The Morgan fingerprint density at radius 2 is 2.00 bits per heavy atom. The number of amides is 2. The first-order valence-corrected chi connectivity index (χ1v) is 12.3. The van der Waals surface area contributed by atoms with Gasteiger partial charge in [0, 0.05) is 29.3 Å². The van der Waals surface area contributed by atoms with Crippen molar-refractivity contribution in [3.8, 4) is 5.69 Å². The minimum atomic E-state index is -1.25. The third-order valence-corrected chi connectivity index (χ3v) is 6.59. The highest BCUT2D eigenvalue weighted by Gasteiger charge is 2.34. The van der Waals surface area contributed by atoms with Gasteiger partial charge in [0.15, 0.2) is 5.96 Å². The van der Waals surface area contributed by atoms with Crippen molar-refractivity contribution in [2.45, 2.75) is 24.6 Å². The molecule has 40 heavy (non-hydrogen) atoms. The number of carbonyl (C=O) groups excluding carboxylic acids is 2. The second-order valence-electron chi connectivity index (χ2n) is 9.30. The van der Waals surface area contributed by atoms with Gasteiger partial charge in [0.25, 0.3) is 0 Å². The number of nitrogens with two attached hydrogens (primary N) is 2. The average molecular weight is 548 g/mol. The molecule has 0 saturated carbocycles.